The molecule has 2 heterocycles. The second-order valence-corrected chi connectivity index (χ2v) is 9.42. The second-order valence-electron chi connectivity index (χ2n) is 9.42. The maximum atomic E-state index is 13.5. The number of amides is 1. The Morgan fingerprint density at radius 1 is 1.03 bits per heavy atom. The molecule has 3 atom stereocenters. The zero-order valence-corrected chi connectivity index (χ0v) is 19.8. The number of nitrogens with zero attached hydrogens (tertiary/aromatic N) is 2. The van der Waals surface area contributed by atoms with Gasteiger partial charge < -0.3 is 15.4 Å². The van der Waals surface area contributed by atoms with E-state index in [1.54, 1.807) is 12.1 Å². The lowest BCUT2D eigenvalue weighted by Crippen LogP contribution is -2.44. The minimum Gasteiger partial charge on any atom is -0.474 e. The molecule has 0 bridgehead atoms. The van der Waals surface area contributed by atoms with E-state index in [0.29, 0.717) is 29.9 Å². The SMILES string of the molecule is C[C@@H]1CCC[C@H](C)N1CCCCCN1C(=O)C(c2cccc(C(=N)N)c2)Oc2ccccc21. The van der Waals surface area contributed by atoms with Gasteiger partial charge in [0.15, 0.2) is 0 Å². The molecule has 0 aromatic heterocycles. The third-order valence-corrected chi connectivity index (χ3v) is 7.07. The number of hydrogen-bond donors (Lipinski definition) is 2. The number of nitrogens with two attached hydrogens (primary N) is 1. The van der Waals surface area contributed by atoms with Gasteiger partial charge in [-0.1, -0.05) is 43.2 Å². The van der Waals surface area contributed by atoms with Gasteiger partial charge in [0.05, 0.1) is 5.69 Å². The normalized spacial score (nSPS) is 23.2. The van der Waals surface area contributed by atoms with Crippen LogP contribution < -0.4 is 15.4 Å². The van der Waals surface area contributed by atoms with Crippen LogP contribution in [0.5, 0.6) is 5.75 Å². The van der Waals surface area contributed by atoms with Gasteiger partial charge in [-0.2, -0.15) is 0 Å². The first kappa shape index (κ1) is 23.3. The number of benzene rings is 2. The number of ether oxygens (including phenoxy) is 1. The van der Waals surface area contributed by atoms with Gasteiger partial charge in [0, 0.05) is 29.8 Å². The van der Waals surface area contributed by atoms with Gasteiger partial charge in [0.25, 0.3) is 5.91 Å². The molecule has 1 fully saturated rings. The highest BCUT2D eigenvalue weighted by atomic mass is 16.5. The lowest BCUT2D eigenvalue weighted by atomic mass is 9.97. The van der Waals surface area contributed by atoms with Crippen molar-refractivity contribution in [3.05, 3.63) is 59.7 Å². The molecule has 0 radical (unpaired) electrons. The molecule has 3 N–H and O–H groups in total. The van der Waals surface area contributed by atoms with Crippen LogP contribution in [0.3, 0.4) is 0 Å². The summed E-state index contributed by atoms with van der Waals surface area (Å²) in [6.07, 6.45) is 6.41. The van der Waals surface area contributed by atoms with Crippen LogP contribution in [0.2, 0.25) is 0 Å². The smallest absolute Gasteiger partial charge is 0.272 e. The summed E-state index contributed by atoms with van der Waals surface area (Å²) < 4.78 is 6.12. The summed E-state index contributed by atoms with van der Waals surface area (Å²) in [5, 5.41) is 7.72. The Morgan fingerprint density at radius 2 is 1.76 bits per heavy atom. The minimum absolute atomic E-state index is 0.0188. The number of fused-ring (bicyclic) bond motifs is 1. The van der Waals surface area contributed by atoms with Crippen LogP contribution in [-0.4, -0.2) is 41.8 Å². The Kier molecular flexibility index (Phi) is 7.33. The fraction of sp³-hybridized carbons (Fsp3) is 0.481. The van der Waals surface area contributed by atoms with Crippen LogP contribution in [0.1, 0.15) is 69.6 Å². The fourth-order valence-corrected chi connectivity index (χ4v) is 5.18. The Labute approximate surface area is 197 Å². The molecule has 6 heteroatoms. The summed E-state index contributed by atoms with van der Waals surface area (Å²) in [5.41, 5.74) is 7.81. The Balaban J connectivity index is 1.42. The molecule has 6 nitrogen and oxygen atoms in total. The van der Waals surface area contributed by atoms with E-state index in [1.165, 1.54) is 19.3 Å². The Bertz CT molecular complexity index is 982. The molecule has 2 aliphatic heterocycles. The van der Waals surface area contributed by atoms with Crippen molar-refractivity contribution >= 4 is 17.4 Å². The molecule has 1 unspecified atom stereocenters. The van der Waals surface area contributed by atoms with Crippen molar-refractivity contribution in [2.45, 2.75) is 70.6 Å². The number of hydrogen-bond acceptors (Lipinski definition) is 4. The molecular formula is C27H36N4O2. The van der Waals surface area contributed by atoms with Crippen LogP contribution >= 0.6 is 0 Å². The van der Waals surface area contributed by atoms with Crippen LogP contribution in [-0.2, 0) is 4.79 Å². The minimum atomic E-state index is -0.728. The Hall–Kier alpha value is -2.86. The number of anilines is 1. The lowest BCUT2D eigenvalue weighted by Gasteiger charge is -2.39. The van der Waals surface area contributed by atoms with Crippen molar-refractivity contribution < 1.29 is 9.53 Å². The summed E-state index contributed by atoms with van der Waals surface area (Å²) in [4.78, 5) is 18.0. The summed E-state index contributed by atoms with van der Waals surface area (Å²) in [7, 11) is 0. The van der Waals surface area contributed by atoms with Gasteiger partial charge in [0.2, 0.25) is 6.10 Å². The average molecular weight is 449 g/mol. The first-order valence-corrected chi connectivity index (χ1v) is 12.2. The van der Waals surface area contributed by atoms with Gasteiger partial charge in [-0.25, -0.2) is 0 Å². The number of nitrogens with one attached hydrogen (secondary N) is 1. The first-order valence-electron chi connectivity index (χ1n) is 12.2. The van der Waals surface area contributed by atoms with E-state index in [9.17, 15) is 4.79 Å². The molecule has 33 heavy (non-hydrogen) atoms. The molecular weight excluding hydrogens is 412 g/mol. The van der Waals surface area contributed by atoms with E-state index < -0.39 is 6.10 Å². The van der Waals surface area contributed by atoms with Crippen LogP contribution in [0.4, 0.5) is 5.69 Å². The highest BCUT2D eigenvalue weighted by molar-refractivity contribution is 6.01. The average Bonchev–Trinajstić information content (AvgIpc) is 2.81. The van der Waals surface area contributed by atoms with Crippen molar-refractivity contribution in [3.8, 4) is 5.75 Å². The molecule has 0 spiro atoms. The maximum absolute atomic E-state index is 13.5. The van der Waals surface area contributed by atoms with Gasteiger partial charge in [0.1, 0.15) is 11.6 Å². The van der Waals surface area contributed by atoms with Crippen LogP contribution in [0, 0.1) is 5.41 Å². The Morgan fingerprint density at radius 3 is 2.52 bits per heavy atom. The highest BCUT2D eigenvalue weighted by Gasteiger charge is 2.35. The van der Waals surface area contributed by atoms with Crippen molar-refractivity contribution in [2.75, 3.05) is 18.0 Å². The zero-order valence-electron chi connectivity index (χ0n) is 19.8. The number of para-hydroxylation sites is 2. The van der Waals surface area contributed by atoms with E-state index in [0.717, 1.165) is 37.1 Å². The molecule has 2 aromatic carbocycles. The number of nitrogen functional groups attached to an aromatic ring is 1. The molecule has 2 aromatic rings. The third-order valence-electron chi connectivity index (χ3n) is 7.07. The van der Waals surface area contributed by atoms with Gasteiger partial charge in [-0.15, -0.1) is 0 Å². The van der Waals surface area contributed by atoms with E-state index in [2.05, 4.69) is 18.7 Å². The number of piperidine rings is 1. The fourth-order valence-electron chi connectivity index (χ4n) is 5.18. The molecule has 4 rings (SSSR count). The quantitative estimate of drug-likeness (QED) is 0.343. The van der Waals surface area contributed by atoms with Crippen LogP contribution in [0.15, 0.2) is 48.5 Å². The van der Waals surface area contributed by atoms with Crippen molar-refractivity contribution in [1.82, 2.24) is 4.90 Å². The number of likely N-dealkylation sites (tertiary alicyclic amines) is 1. The highest BCUT2D eigenvalue weighted by Crippen LogP contribution is 2.39. The predicted molar refractivity (Wildman–Crippen MR) is 133 cm³/mol. The van der Waals surface area contributed by atoms with Crippen LogP contribution in [0.25, 0.3) is 0 Å². The van der Waals surface area contributed by atoms with Crippen molar-refractivity contribution in [3.63, 3.8) is 0 Å². The molecule has 0 aliphatic carbocycles. The molecule has 0 saturated carbocycles. The topological polar surface area (TPSA) is 82.7 Å². The summed E-state index contributed by atoms with van der Waals surface area (Å²) >= 11 is 0. The maximum Gasteiger partial charge on any atom is 0.272 e. The van der Waals surface area contributed by atoms with Crippen molar-refractivity contribution in [2.24, 2.45) is 5.73 Å². The van der Waals surface area contributed by atoms with Gasteiger partial charge in [-0.3, -0.25) is 15.1 Å². The summed E-state index contributed by atoms with van der Waals surface area (Å²) in [5.74, 6) is 0.633. The first-order chi connectivity index (χ1) is 16.0. The van der Waals surface area contributed by atoms with E-state index >= 15 is 0 Å². The van der Waals surface area contributed by atoms with E-state index in [4.69, 9.17) is 15.9 Å². The summed E-state index contributed by atoms with van der Waals surface area (Å²) in [6, 6.07) is 16.3. The largest absolute Gasteiger partial charge is 0.474 e. The van der Waals surface area contributed by atoms with Gasteiger partial charge in [-0.05, 0) is 64.3 Å². The number of amidine groups is 1. The van der Waals surface area contributed by atoms with E-state index in [-0.39, 0.29) is 11.7 Å². The van der Waals surface area contributed by atoms with Crippen molar-refractivity contribution in [1.29, 1.82) is 5.41 Å². The monoisotopic (exact) mass is 448 g/mol. The molecule has 1 amide bonds. The van der Waals surface area contributed by atoms with Gasteiger partial charge >= 0.3 is 0 Å². The third kappa shape index (κ3) is 5.22. The zero-order chi connectivity index (χ0) is 23.4. The second kappa shape index (κ2) is 10.4. The number of rotatable bonds is 8. The lowest BCUT2D eigenvalue weighted by molar-refractivity contribution is -0.126. The predicted octanol–water partition coefficient (Wildman–Crippen LogP) is 4.87. The molecule has 176 valence electrons. The van der Waals surface area contributed by atoms with E-state index in [1.807, 2.05) is 41.3 Å². The number of carbonyl (C=O) groups excluding carboxylic acids is 1. The standard InChI is InChI=1S/C27H36N4O2/c1-19-10-8-11-20(2)30(19)16-6-3-7-17-31-23-14-4-5-15-24(23)33-25(27(31)32)21-12-9-13-22(18-21)26(28)29/h4-5,9,12-15,18-20,25H,3,6-8,10-11,16-17H2,1-2H3,(H3,28,29)/t19-,20+,25?. The molecule has 2 aliphatic rings. The number of carbonyl (C=O) groups is 1. The molecule has 1 saturated heterocycles. The number of unbranched alkanes of at least 4 members (excludes halogenated alkanes) is 2. The summed E-state index contributed by atoms with van der Waals surface area (Å²) in [6.45, 7) is 6.50.